The Balaban J connectivity index is 0.00000385. The van der Waals surface area contributed by atoms with Crippen molar-refractivity contribution in [2.24, 2.45) is 16.3 Å². The number of rotatable bonds is 8. The van der Waals surface area contributed by atoms with Crippen LogP contribution in [0, 0.1) is 11.3 Å². The number of nitrogens with one attached hydrogen (secondary N) is 2. The average Bonchev–Trinajstić information content (AvgIpc) is 3.50. The molecule has 33 heavy (non-hydrogen) atoms. The van der Waals surface area contributed by atoms with Crippen molar-refractivity contribution >= 4 is 41.8 Å². The molecule has 0 radical (unpaired) electrons. The molecule has 3 fully saturated rings. The van der Waals surface area contributed by atoms with Crippen molar-refractivity contribution in [1.82, 2.24) is 25.3 Å². The van der Waals surface area contributed by atoms with Gasteiger partial charge in [0.15, 0.2) is 5.96 Å². The molecule has 3 rings (SSSR count). The number of carbonyl (C=O) groups is 2. The van der Waals surface area contributed by atoms with E-state index in [1.165, 1.54) is 12.8 Å². The molecule has 0 bridgehead atoms. The Morgan fingerprint density at radius 1 is 1.00 bits per heavy atom. The van der Waals surface area contributed by atoms with E-state index in [4.69, 9.17) is 4.99 Å². The van der Waals surface area contributed by atoms with Gasteiger partial charge < -0.3 is 20.4 Å². The molecule has 1 aliphatic heterocycles. The summed E-state index contributed by atoms with van der Waals surface area (Å²) in [6.07, 6.45) is 8.65. The zero-order chi connectivity index (χ0) is 23.0. The molecular weight excluding hydrogens is 531 g/mol. The Morgan fingerprint density at radius 3 is 2.21 bits per heavy atom. The maximum absolute atomic E-state index is 12.8. The summed E-state index contributed by atoms with van der Waals surface area (Å²) in [7, 11) is 3.69. The summed E-state index contributed by atoms with van der Waals surface area (Å²) in [6.45, 7) is 8.70. The van der Waals surface area contributed by atoms with Gasteiger partial charge in [-0.1, -0.05) is 25.7 Å². The summed E-state index contributed by atoms with van der Waals surface area (Å²) >= 11 is 0. The number of hydrogen-bond acceptors (Lipinski definition) is 4. The van der Waals surface area contributed by atoms with Crippen LogP contribution >= 0.6 is 24.0 Å². The number of hydrogen-bond donors (Lipinski definition) is 2. The van der Waals surface area contributed by atoms with E-state index in [1.54, 1.807) is 4.90 Å². The molecule has 190 valence electrons. The quantitative estimate of drug-likeness (QED) is 0.263. The van der Waals surface area contributed by atoms with Crippen molar-refractivity contribution in [3.8, 4) is 0 Å². The van der Waals surface area contributed by atoms with Gasteiger partial charge in [-0.15, -0.1) is 24.0 Å². The molecule has 3 aliphatic rings. The molecule has 9 heteroatoms. The van der Waals surface area contributed by atoms with Crippen LogP contribution < -0.4 is 10.6 Å². The fourth-order valence-electron chi connectivity index (χ4n) is 5.49. The Morgan fingerprint density at radius 2 is 1.64 bits per heavy atom. The lowest BCUT2D eigenvalue weighted by Gasteiger charge is -2.36. The highest BCUT2D eigenvalue weighted by atomic mass is 127. The molecular formula is C24H45IN6O2. The van der Waals surface area contributed by atoms with E-state index in [0.29, 0.717) is 12.5 Å². The molecule has 0 aromatic rings. The minimum atomic E-state index is -0.339. The lowest BCUT2D eigenvalue weighted by Crippen LogP contribution is -2.52. The lowest BCUT2D eigenvalue weighted by atomic mass is 9.85. The first-order valence-corrected chi connectivity index (χ1v) is 12.7. The summed E-state index contributed by atoms with van der Waals surface area (Å²) in [5, 5.41) is 6.77. The van der Waals surface area contributed by atoms with E-state index < -0.39 is 0 Å². The topological polar surface area (TPSA) is 80.3 Å². The lowest BCUT2D eigenvalue weighted by molar-refractivity contribution is -0.138. The maximum Gasteiger partial charge on any atom is 0.230 e. The van der Waals surface area contributed by atoms with Crippen molar-refractivity contribution in [2.75, 3.05) is 66.5 Å². The van der Waals surface area contributed by atoms with Crippen molar-refractivity contribution in [3.63, 3.8) is 0 Å². The predicted molar refractivity (Wildman–Crippen MR) is 144 cm³/mol. The van der Waals surface area contributed by atoms with Crippen molar-refractivity contribution in [1.29, 1.82) is 0 Å². The van der Waals surface area contributed by atoms with Crippen molar-refractivity contribution in [3.05, 3.63) is 0 Å². The first kappa shape index (κ1) is 28.1. The van der Waals surface area contributed by atoms with Crippen LogP contribution in [0.1, 0.15) is 58.3 Å². The molecule has 2 N–H and O–H groups in total. The second-order valence-electron chi connectivity index (χ2n) is 9.96. The highest BCUT2D eigenvalue weighted by Gasteiger charge is 2.42. The minimum absolute atomic E-state index is 0. The third-order valence-corrected chi connectivity index (χ3v) is 7.41. The Labute approximate surface area is 217 Å². The summed E-state index contributed by atoms with van der Waals surface area (Å²) in [4.78, 5) is 36.4. The van der Waals surface area contributed by atoms with Crippen molar-refractivity contribution < 1.29 is 9.59 Å². The van der Waals surface area contributed by atoms with E-state index in [9.17, 15) is 9.59 Å². The average molecular weight is 577 g/mol. The molecule has 1 heterocycles. The first-order valence-electron chi connectivity index (χ1n) is 12.7. The fraction of sp³-hybridized carbons (Fsp3) is 0.875. The maximum atomic E-state index is 12.8. The summed E-state index contributed by atoms with van der Waals surface area (Å²) < 4.78 is 0. The van der Waals surface area contributed by atoms with Crippen LogP contribution in [0.2, 0.25) is 0 Å². The molecule has 0 aromatic carbocycles. The molecule has 0 unspecified atom stereocenters. The largest absolute Gasteiger partial charge is 0.357 e. The summed E-state index contributed by atoms with van der Waals surface area (Å²) in [6, 6.07) is 0. The van der Waals surface area contributed by atoms with E-state index in [0.717, 1.165) is 90.3 Å². The smallest absolute Gasteiger partial charge is 0.230 e. The molecule has 0 spiro atoms. The SMILES string of the molecule is CCNC(=NCC1(C(=O)N(C)C)CCCC1)NCCN1CCN(C(=O)C2CCCC2)CC1.I. The summed E-state index contributed by atoms with van der Waals surface area (Å²) in [5.74, 6) is 1.67. The molecule has 1 saturated heterocycles. The van der Waals surface area contributed by atoms with Gasteiger partial charge in [-0.05, 0) is 32.6 Å². The molecule has 0 atom stereocenters. The van der Waals surface area contributed by atoms with E-state index in [2.05, 4.69) is 27.4 Å². The minimum Gasteiger partial charge on any atom is -0.357 e. The fourth-order valence-corrected chi connectivity index (χ4v) is 5.49. The number of halogens is 1. The molecule has 2 aliphatic carbocycles. The van der Waals surface area contributed by atoms with E-state index in [-0.39, 0.29) is 41.2 Å². The highest BCUT2D eigenvalue weighted by molar-refractivity contribution is 14.0. The molecule has 2 saturated carbocycles. The number of nitrogens with zero attached hydrogens (tertiary/aromatic N) is 4. The third kappa shape index (κ3) is 7.70. The van der Waals surface area contributed by atoms with Crippen LogP contribution in [0.3, 0.4) is 0 Å². The van der Waals surface area contributed by atoms with Gasteiger partial charge >= 0.3 is 0 Å². The van der Waals surface area contributed by atoms with Gasteiger partial charge in [-0.25, -0.2) is 0 Å². The first-order chi connectivity index (χ1) is 15.4. The normalized spacial score (nSPS) is 21.5. The van der Waals surface area contributed by atoms with Gasteiger partial charge in [-0.3, -0.25) is 19.5 Å². The van der Waals surface area contributed by atoms with Crippen LogP contribution in [-0.4, -0.2) is 98.9 Å². The number of guanidine groups is 1. The van der Waals surface area contributed by atoms with Gasteiger partial charge in [0.25, 0.3) is 0 Å². The van der Waals surface area contributed by atoms with Gasteiger partial charge in [0, 0.05) is 65.8 Å². The Hall–Kier alpha value is -1.10. The van der Waals surface area contributed by atoms with Crippen LogP contribution in [0.5, 0.6) is 0 Å². The van der Waals surface area contributed by atoms with Crippen molar-refractivity contribution in [2.45, 2.75) is 58.3 Å². The van der Waals surface area contributed by atoms with Crippen LogP contribution in [-0.2, 0) is 9.59 Å². The third-order valence-electron chi connectivity index (χ3n) is 7.41. The number of amides is 2. The highest BCUT2D eigenvalue weighted by Crippen LogP contribution is 2.39. The van der Waals surface area contributed by atoms with Gasteiger partial charge in [-0.2, -0.15) is 0 Å². The second kappa shape index (κ2) is 13.7. The summed E-state index contributed by atoms with van der Waals surface area (Å²) in [5.41, 5.74) is -0.339. The number of aliphatic imine (C=N–C) groups is 1. The molecule has 8 nitrogen and oxygen atoms in total. The molecule has 2 amide bonds. The van der Waals surface area contributed by atoms with Crippen LogP contribution in [0.15, 0.2) is 4.99 Å². The van der Waals surface area contributed by atoms with Crippen LogP contribution in [0.25, 0.3) is 0 Å². The zero-order valence-corrected chi connectivity index (χ0v) is 23.2. The molecule has 0 aromatic heterocycles. The zero-order valence-electron chi connectivity index (χ0n) is 20.9. The van der Waals surface area contributed by atoms with Gasteiger partial charge in [0.1, 0.15) is 0 Å². The number of carbonyl (C=O) groups excluding carboxylic acids is 2. The monoisotopic (exact) mass is 576 g/mol. The predicted octanol–water partition coefficient (Wildman–Crippen LogP) is 2.14. The number of piperazine rings is 1. The Bertz CT molecular complexity index is 651. The van der Waals surface area contributed by atoms with E-state index in [1.807, 2.05) is 14.1 Å². The van der Waals surface area contributed by atoms with Gasteiger partial charge in [0.05, 0.1) is 12.0 Å². The van der Waals surface area contributed by atoms with E-state index >= 15 is 0 Å². The van der Waals surface area contributed by atoms with Crippen LogP contribution in [0.4, 0.5) is 0 Å². The Kier molecular flexibility index (Phi) is 11.7. The second-order valence-corrected chi connectivity index (χ2v) is 9.96. The van der Waals surface area contributed by atoms with Gasteiger partial charge in [0.2, 0.25) is 11.8 Å². The standard InChI is InChI=1S/C24H44N6O2.HI/c1-4-25-23(27-19-24(11-7-8-12-24)22(32)28(2)3)26-13-14-29-15-17-30(18-16-29)21(31)20-9-5-6-10-20;/h20H,4-19H2,1-3H3,(H2,25,26,27);1H.